The van der Waals surface area contributed by atoms with Gasteiger partial charge in [0.1, 0.15) is 5.75 Å². The van der Waals surface area contributed by atoms with Gasteiger partial charge >= 0.3 is 0 Å². The molecule has 1 aromatic heterocycles. The number of rotatable bonds is 9. The van der Waals surface area contributed by atoms with Crippen LogP contribution in [0.2, 0.25) is 0 Å². The fourth-order valence-corrected chi connectivity index (χ4v) is 3.02. The molecule has 3 heteroatoms. The molecule has 21 heavy (non-hydrogen) atoms. The first kappa shape index (κ1) is 16.1. The summed E-state index contributed by atoms with van der Waals surface area (Å²) in [6.07, 6.45) is 3.28. The van der Waals surface area contributed by atoms with Gasteiger partial charge in [0.25, 0.3) is 0 Å². The Labute approximate surface area is 132 Å². The lowest BCUT2D eigenvalue weighted by molar-refractivity contribution is 0.284. The highest BCUT2D eigenvalue weighted by atomic mass is 32.1. The third-order valence-electron chi connectivity index (χ3n) is 3.47. The fraction of sp³-hybridized carbons (Fsp3) is 0.444. The molecule has 0 aliphatic heterocycles. The van der Waals surface area contributed by atoms with Gasteiger partial charge < -0.3 is 10.1 Å². The van der Waals surface area contributed by atoms with E-state index >= 15 is 0 Å². The van der Waals surface area contributed by atoms with Gasteiger partial charge in [0.2, 0.25) is 0 Å². The van der Waals surface area contributed by atoms with Crippen LogP contribution in [0.3, 0.4) is 0 Å². The van der Waals surface area contributed by atoms with Crippen molar-refractivity contribution in [1.82, 2.24) is 5.32 Å². The minimum Gasteiger partial charge on any atom is -0.494 e. The Kier molecular flexibility index (Phi) is 6.77. The lowest BCUT2D eigenvalue weighted by Gasteiger charge is -2.18. The van der Waals surface area contributed by atoms with Crippen molar-refractivity contribution in [2.45, 2.75) is 39.2 Å². The molecule has 0 aliphatic rings. The maximum absolute atomic E-state index is 5.88. The van der Waals surface area contributed by atoms with Gasteiger partial charge in [-0.25, -0.2) is 0 Å². The second-order valence-electron chi connectivity index (χ2n) is 5.44. The van der Waals surface area contributed by atoms with Crippen LogP contribution in [0.1, 0.15) is 30.9 Å². The summed E-state index contributed by atoms with van der Waals surface area (Å²) in [5.74, 6) is 0.972. The summed E-state index contributed by atoms with van der Waals surface area (Å²) >= 11 is 1.77. The number of nitrogens with one attached hydrogen (secondary N) is 1. The molecule has 0 saturated carbocycles. The summed E-state index contributed by atoms with van der Waals surface area (Å²) in [6.45, 7) is 6.13. The van der Waals surface area contributed by atoms with E-state index in [1.165, 1.54) is 17.5 Å². The van der Waals surface area contributed by atoms with Crippen molar-refractivity contribution >= 4 is 11.3 Å². The van der Waals surface area contributed by atoms with Gasteiger partial charge in [-0.3, -0.25) is 0 Å². The summed E-state index contributed by atoms with van der Waals surface area (Å²) in [4.78, 5) is 0. The van der Waals surface area contributed by atoms with Crippen molar-refractivity contribution in [1.29, 1.82) is 0 Å². The van der Waals surface area contributed by atoms with Crippen LogP contribution in [-0.2, 0) is 6.42 Å². The summed E-state index contributed by atoms with van der Waals surface area (Å²) in [7, 11) is 0. The molecule has 1 N–H and O–H groups in total. The van der Waals surface area contributed by atoms with E-state index in [1.807, 2.05) is 12.1 Å². The molecule has 1 unspecified atom stereocenters. The van der Waals surface area contributed by atoms with Gasteiger partial charge in [0.05, 0.1) is 6.61 Å². The topological polar surface area (TPSA) is 21.3 Å². The third-order valence-corrected chi connectivity index (χ3v) is 4.20. The first-order valence-corrected chi connectivity index (χ1v) is 8.66. The SMILES string of the molecule is CCCNC(CCOc1cccc(C)c1)Cc1ccsc1. The highest BCUT2D eigenvalue weighted by Gasteiger charge is 2.09. The van der Waals surface area contributed by atoms with Gasteiger partial charge in [-0.1, -0.05) is 19.1 Å². The number of aryl methyl sites for hydroxylation is 1. The molecule has 2 aromatic rings. The maximum Gasteiger partial charge on any atom is 0.119 e. The van der Waals surface area contributed by atoms with E-state index in [9.17, 15) is 0 Å². The Balaban J connectivity index is 1.80. The molecular formula is C18H25NOS. The van der Waals surface area contributed by atoms with E-state index in [-0.39, 0.29) is 0 Å². The monoisotopic (exact) mass is 303 g/mol. The highest BCUT2D eigenvalue weighted by molar-refractivity contribution is 7.07. The van der Waals surface area contributed by atoms with Crippen LogP contribution in [0.5, 0.6) is 5.75 Å². The lowest BCUT2D eigenvalue weighted by Crippen LogP contribution is -2.33. The van der Waals surface area contributed by atoms with Crippen LogP contribution < -0.4 is 10.1 Å². The smallest absolute Gasteiger partial charge is 0.119 e. The maximum atomic E-state index is 5.88. The summed E-state index contributed by atoms with van der Waals surface area (Å²) in [5.41, 5.74) is 2.66. The van der Waals surface area contributed by atoms with Crippen molar-refractivity contribution in [3.63, 3.8) is 0 Å². The highest BCUT2D eigenvalue weighted by Crippen LogP contribution is 2.14. The van der Waals surface area contributed by atoms with E-state index < -0.39 is 0 Å². The minimum atomic E-state index is 0.490. The third kappa shape index (κ3) is 5.90. The average molecular weight is 303 g/mol. The summed E-state index contributed by atoms with van der Waals surface area (Å²) in [5, 5.41) is 8.02. The Morgan fingerprint density at radius 2 is 2.19 bits per heavy atom. The van der Waals surface area contributed by atoms with Crippen molar-refractivity contribution < 1.29 is 4.74 Å². The van der Waals surface area contributed by atoms with E-state index in [1.54, 1.807) is 11.3 Å². The van der Waals surface area contributed by atoms with E-state index in [0.29, 0.717) is 6.04 Å². The van der Waals surface area contributed by atoms with Gasteiger partial charge in [-0.2, -0.15) is 11.3 Å². The molecule has 1 heterocycles. The van der Waals surface area contributed by atoms with E-state index in [2.05, 4.69) is 48.1 Å². The first-order valence-electron chi connectivity index (χ1n) is 7.72. The second-order valence-corrected chi connectivity index (χ2v) is 6.22. The van der Waals surface area contributed by atoms with Gasteiger partial charge in [0, 0.05) is 6.04 Å². The second kappa shape index (κ2) is 8.85. The van der Waals surface area contributed by atoms with E-state index in [4.69, 9.17) is 4.74 Å². The van der Waals surface area contributed by atoms with Crippen LogP contribution in [-0.4, -0.2) is 19.2 Å². The van der Waals surface area contributed by atoms with Crippen LogP contribution in [0.4, 0.5) is 0 Å². The summed E-state index contributed by atoms with van der Waals surface area (Å²) in [6, 6.07) is 11.0. The quantitative estimate of drug-likeness (QED) is 0.739. The zero-order valence-corrected chi connectivity index (χ0v) is 13.8. The Bertz CT molecular complexity index is 510. The van der Waals surface area contributed by atoms with Crippen LogP contribution in [0.15, 0.2) is 41.1 Å². The molecule has 2 nitrogen and oxygen atoms in total. The molecule has 114 valence electrons. The summed E-state index contributed by atoms with van der Waals surface area (Å²) < 4.78 is 5.88. The largest absolute Gasteiger partial charge is 0.494 e. The Morgan fingerprint density at radius 3 is 2.90 bits per heavy atom. The van der Waals surface area contributed by atoms with E-state index in [0.717, 1.165) is 31.7 Å². The Morgan fingerprint density at radius 1 is 1.29 bits per heavy atom. The van der Waals surface area contributed by atoms with Crippen LogP contribution >= 0.6 is 11.3 Å². The molecule has 0 saturated heterocycles. The van der Waals surface area contributed by atoms with Crippen molar-refractivity contribution in [3.05, 3.63) is 52.2 Å². The predicted molar refractivity (Wildman–Crippen MR) is 91.4 cm³/mol. The van der Waals surface area contributed by atoms with Crippen molar-refractivity contribution in [2.24, 2.45) is 0 Å². The molecule has 0 radical (unpaired) electrons. The number of ether oxygens (including phenoxy) is 1. The normalized spacial score (nSPS) is 12.3. The van der Waals surface area contributed by atoms with Gasteiger partial charge in [-0.15, -0.1) is 0 Å². The van der Waals surface area contributed by atoms with Crippen molar-refractivity contribution in [3.8, 4) is 5.75 Å². The minimum absolute atomic E-state index is 0.490. The zero-order valence-electron chi connectivity index (χ0n) is 13.0. The van der Waals surface area contributed by atoms with Gasteiger partial charge in [-0.05, 0) is 72.8 Å². The number of hydrogen-bond acceptors (Lipinski definition) is 3. The zero-order chi connectivity index (χ0) is 14.9. The lowest BCUT2D eigenvalue weighted by atomic mass is 10.1. The molecule has 0 fully saturated rings. The molecule has 0 aliphatic carbocycles. The fourth-order valence-electron chi connectivity index (χ4n) is 2.34. The number of thiophene rings is 1. The van der Waals surface area contributed by atoms with Crippen LogP contribution in [0, 0.1) is 6.92 Å². The van der Waals surface area contributed by atoms with Gasteiger partial charge in [0.15, 0.2) is 0 Å². The molecular weight excluding hydrogens is 278 g/mol. The molecule has 1 atom stereocenters. The molecule has 1 aromatic carbocycles. The first-order chi connectivity index (χ1) is 10.3. The number of hydrogen-bond donors (Lipinski definition) is 1. The molecule has 2 rings (SSSR count). The number of benzene rings is 1. The molecule has 0 bridgehead atoms. The predicted octanol–water partition coefficient (Wildman–Crippen LogP) is 4.44. The average Bonchev–Trinajstić information content (AvgIpc) is 2.97. The van der Waals surface area contributed by atoms with Crippen LogP contribution in [0.25, 0.3) is 0 Å². The Hall–Kier alpha value is -1.32. The molecule has 0 spiro atoms. The van der Waals surface area contributed by atoms with Crippen molar-refractivity contribution in [2.75, 3.05) is 13.2 Å². The molecule has 0 amide bonds. The standard InChI is InChI=1S/C18H25NOS/c1-3-9-19-17(13-16-8-11-21-14-16)7-10-20-18-6-4-5-15(2)12-18/h4-6,8,11-12,14,17,19H,3,7,9-10,13H2,1-2H3.